The lowest BCUT2D eigenvalue weighted by molar-refractivity contribution is -0.120. The Balaban J connectivity index is 0.000000153. The summed E-state index contributed by atoms with van der Waals surface area (Å²) in [6.07, 6.45) is 26.3. The van der Waals surface area contributed by atoms with Gasteiger partial charge in [-0.3, -0.25) is 33.4 Å². The number of carbonyl (C=O) groups is 3. The van der Waals surface area contributed by atoms with E-state index in [1.54, 1.807) is 57.7 Å². The number of aliphatic imine (C=N–C) groups is 1. The van der Waals surface area contributed by atoms with Gasteiger partial charge in [0.15, 0.2) is 0 Å². The first kappa shape index (κ1) is 86.7. The maximum atomic E-state index is 11.3. The fourth-order valence-corrected chi connectivity index (χ4v) is 16.8. The quantitative estimate of drug-likeness (QED) is 0.0223. The Morgan fingerprint density at radius 1 is 0.496 bits per heavy atom. The van der Waals surface area contributed by atoms with Gasteiger partial charge in [-0.05, 0) is 133 Å². The lowest BCUT2D eigenvalue weighted by atomic mass is 9.95. The molecule has 1 aliphatic carbocycles. The number of hydrogen-bond acceptors (Lipinski definition) is 22. The van der Waals surface area contributed by atoms with Crippen molar-refractivity contribution in [1.82, 2.24) is 60.3 Å². The highest BCUT2D eigenvalue weighted by molar-refractivity contribution is 7.86. The van der Waals surface area contributed by atoms with Crippen LogP contribution in [0.3, 0.4) is 0 Å². The molecular weight excluding hydrogens is 1540 g/mol. The van der Waals surface area contributed by atoms with Crippen molar-refractivity contribution in [3.05, 3.63) is 162 Å². The molecule has 0 radical (unpaired) electrons. The Hall–Kier alpha value is -9.67. The van der Waals surface area contributed by atoms with Gasteiger partial charge in [-0.1, -0.05) is 76.7 Å². The highest BCUT2D eigenvalue weighted by atomic mass is 32.2. The summed E-state index contributed by atoms with van der Waals surface area (Å²) in [5.74, 6) is 6.20. The highest BCUT2D eigenvalue weighted by Crippen LogP contribution is 2.39. The number of allylic oxidation sites excluding steroid dienone is 1. The topological polar surface area (TPSA) is 298 Å². The first-order valence-electron chi connectivity index (χ1n) is 41.0. The maximum absolute atomic E-state index is 11.3. The first-order chi connectivity index (χ1) is 56.2. The van der Waals surface area contributed by atoms with Crippen LogP contribution in [0.2, 0.25) is 51.4 Å². The van der Waals surface area contributed by atoms with Crippen molar-refractivity contribution in [2.24, 2.45) is 4.99 Å². The molecule has 27 nitrogen and oxygen atoms in total. The van der Waals surface area contributed by atoms with Crippen molar-refractivity contribution >= 4 is 55.8 Å². The Morgan fingerprint density at radius 3 is 1.26 bits per heavy atom. The maximum Gasteiger partial charge on any atom is 0.264 e. The van der Waals surface area contributed by atoms with E-state index in [2.05, 4.69) is 107 Å². The second-order valence-electron chi connectivity index (χ2n) is 33.5. The normalized spacial score (nSPS) is 18.1. The van der Waals surface area contributed by atoms with Gasteiger partial charge < -0.3 is 53.8 Å². The Morgan fingerprint density at radius 2 is 0.889 bits per heavy atom. The number of piperidine rings is 2. The van der Waals surface area contributed by atoms with Crippen molar-refractivity contribution in [1.29, 1.82) is 0 Å². The van der Waals surface area contributed by atoms with E-state index in [0.717, 1.165) is 160 Å². The largest absolute Gasteiger partial charge is 0.488 e. The number of amides is 3. The zero-order chi connectivity index (χ0) is 82.5. The number of ether oxygens (including phenoxy) is 8. The predicted octanol–water partition coefficient (Wildman–Crippen LogP) is 14.0. The minimum atomic E-state index is -3.51. The Kier molecular flexibility index (Phi) is 30.5. The number of likely N-dealkylation sites (tertiary alicyclic amines) is 2. The van der Waals surface area contributed by atoms with E-state index in [4.69, 9.17) is 42.1 Å². The number of nitrogens with zero attached hydrogens (tertiary/aromatic N) is 10. The minimum Gasteiger partial charge on any atom is -0.488 e. The molecule has 3 unspecified atom stereocenters. The Labute approximate surface area is 690 Å². The summed E-state index contributed by atoms with van der Waals surface area (Å²) >= 11 is 0. The van der Waals surface area contributed by atoms with Gasteiger partial charge in [0.2, 0.25) is 35.4 Å². The van der Waals surface area contributed by atoms with E-state index in [1.165, 1.54) is 48.8 Å². The van der Waals surface area contributed by atoms with Gasteiger partial charge in [0.1, 0.15) is 72.9 Å². The molecule has 3 fully saturated rings. The van der Waals surface area contributed by atoms with E-state index in [9.17, 15) is 22.8 Å². The smallest absolute Gasteiger partial charge is 0.264 e. The molecule has 8 aromatic rings. The number of benzene rings is 3. The van der Waals surface area contributed by atoms with Crippen LogP contribution in [0.15, 0.2) is 145 Å². The van der Waals surface area contributed by atoms with E-state index in [-0.39, 0.29) is 42.6 Å². The molecule has 11 heterocycles. The average Bonchev–Trinajstić information content (AvgIpc) is 1.68. The number of rotatable bonds is 29. The SMILES string of the molecule is CC(=O)NC1CCCCC1.CC(=O)NC1CCN(CC2Cc3ccc(Oc4ccc(-c5ccnn5COCC[Si](C)(C)C)cn4)cc3O2)CC1.CC(=O)NC1CCN(CC2Cc3ccc(Oc4ccc(C5=CC=NC5)cn4)cc3O2)CC1.C[Si](C)(C)CCOCn1nccc1-c1ccc(Oc2ccc3c(c2)OC(COS(C)(=O)=O)C3)nc1. The van der Waals surface area contributed by atoms with Gasteiger partial charge in [-0.15, -0.1) is 0 Å². The summed E-state index contributed by atoms with van der Waals surface area (Å²) in [6, 6.07) is 36.3. The van der Waals surface area contributed by atoms with Gasteiger partial charge >= 0.3 is 0 Å². The zero-order valence-corrected chi connectivity index (χ0v) is 72.1. The number of carbonyl (C=O) groups excluding carboxylic acids is 3. The molecule has 0 spiro atoms. The van der Waals surface area contributed by atoms with Crippen molar-refractivity contribution in [2.75, 3.05) is 71.9 Å². The molecular formula is C87H115N13O14SSi2. The van der Waals surface area contributed by atoms with Crippen LogP contribution in [-0.4, -0.2) is 201 Å². The van der Waals surface area contributed by atoms with Gasteiger partial charge in [0, 0.05) is 212 Å². The summed E-state index contributed by atoms with van der Waals surface area (Å²) < 4.78 is 79.0. The second kappa shape index (κ2) is 41.1. The standard InChI is InChI=1S/C30H41N5O4Si.C25H28N4O3.C24H31N3O6SSi.C8H15NO/c1-22(36)33-25-10-13-34(14-11-25)20-27-17-23-5-7-26(18-29(23)38-27)39-30-8-6-24(19-31-30)28-9-12-32-35(28)21-37-15-16-40(2,3)4;1-17(30)28-21-7-10-29(11-8-21)16-23-12-18-2-4-22(13-24(18)31-23)32-25-5-3-19(15-27-25)20-6-9-26-14-20;1-34(28,29)31-16-21-13-18-5-7-20(14-23(18)32-21)33-24-8-6-19(15-25-24)22-9-10-26-27(22)17-30-11-12-35(2,3)4;1-7(10)9-8-5-3-2-4-6-8/h5-9,12,18-19,25,27H,10-11,13-17,20-21H2,1-4H3,(H,33,36);2-6,9,13,15,21,23H,7-8,10-12,14,16H2,1H3,(H,28,30);5-10,14-15,21H,11-13,16-17H2,1-4H3;8H,2-6H2,1H3,(H,9,10). The summed E-state index contributed by atoms with van der Waals surface area (Å²) in [7, 11) is -5.76. The monoisotopic (exact) mass is 1650 g/mol. The number of fused-ring (bicyclic) bond motifs is 3. The summed E-state index contributed by atoms with van der Waals surface area (Å²) in [5.41, 5.74) is 9.38. The molecule has 5 aromatic heterocycles. The predicted molar refractivity (Wildman–Crippen MR) is 457 cm³/mol. The third kappa shape index (κ3) is 27.7. The molecule has 3 amide bonds. The van der Waals surface area contributed by atoms with Crippen molar-refractivity contribution in [3.8, 4) is 74.7 Å². The van der Waals surface area contributed by atoms with Crippen LogP contribution in [0, 0.1) is 0 Å². The molecule has 3 N–H and O–H groups in total. The fraction of sp³-hybridized carbons (Fsp3) is 0.483. The molecule has 0 bridgehead atoms. The molecule has 3 aromatic carbocycles. The van der Waals surface area contributed by atoms with E-state index in [1.807, 2.05) is 107 Å². The molecule has 30 heteroatoms. The van der Waals surface area contributed by atoms with Gasteiger partial charge in [0.25, 0.3) is 10.1 Å². The third-order valence-corrected chi connectivity index (χ3v) is 25.0. The summed E-state index contributed by atoms with van der Waals surface area (Å²) in [6.45, 7) is 27.5. The molecule has 6 aliphatic heterocycles. The molecule has 3 atom stereocenters. The summed E-state index contributed by atoms with van der Waals surface area (Å²) in [5, 5.41) is 17.8. The number of pyridine rings is 3. The number of hydrogen-bond donors (Lipinski definition) is 3. The van der Waals surface area contributed by atoms with E-state index < -0.39 is 26.3 Å². The van der Waals surface area contributed by atoms with Crippen LogP contribution in [0.4, 0.5) is 0 Å². The highest BCUT2D eigenvalue weighted by Gasteiger charge is 2.32. The number of aromatic nitrogens is 7. The lowest BCUT2D eigenvalue weighted by Crippen LogP contribution is -2.46. The molecule has 15 rings (SSSR count). The van der Waals surface area contributed by atoms with Crippen LogP contribution in [-0.2, 0) is 70.9 Å². The van der Waals surface area contributed by atoms with Crippen LogP contribution >= 0.6 is 0 Å². The van der Waals surface area contributed by atoms with Crippen LogP contribution in [0.25, 0.3) is 28.1 Å². The van der Waals surface area contributed by atoms with Crippen molar-refractivity contribution in [2.45, 2.75) is 199 Å². The van der Waals surface area contributed by atoms with Gasteiger partial charge in [-0.25, -0.2) is 24.3 Å². The van der Waals surface area contributed by atoms with E-state index >= 15 is 0 Å². The molecule has 2 saturated heterocycles. The first-order valence-corrected chi connectivity index (χ1v) is 50.2. The molecule has 7 aliphatic rings. The van der Waals surface area contributed by atoms with Gasteiger partial charge in [0.05, 0.1) is 24.2 Å². The second-order valence-corrected chi connectivity index (χ2v) is 46.4. The van der Waals surface area contributed by atoms with Crippen molar-refractivity contribution in [3.63, 3.8) is 0 Å². The van der Waals surface area contributed by atoms with Crippen LogP contribution in [0.1, 0.15) is 101 Å². The fourth-order valence-electron chi connectivity index (χ4n) is 14.9. The Bertz CT molecular complexity index is 4760. The lowest BCUT2D eigenvalue weighted by Gasteiger charge is -2.33. The molecule has 626 valence electrons. The van der Waals surface area contributed by atoms with Crippen molar-refractivity contribution < 1.29 is 64.9 Å². The zero-order valence-electron chi connectivity index (χ0n) is 69.3. The minimum absolute atomic E-state index is 0.0212. The average molecular weight is 1660 g/mol. The van der Waals surface area contributed by atoms with Gasteiger partial charge in [-0.2, -0.15) is 18.6 Å². The molecule has 1 saturated carbocycles. The summed E-state index contributed by atoms with van der Waals surface area (Å²) in [4.78, 5) is 55.7. The number of nitrogens with one attached hydrogen (secondary N) is 3. The van der Waals surface area contributed by atoms with Crippen LogP contribution < -0.4 is 44.4 Å². The third-order valence-electron chi connectivity index (χ3n) is 21.1. The molecule has 117 heavy (non-hydrogen) atoms. The van der Waals surface area contributed by atoms with Crippen LogP contribution in [0.5, 0.6) is 52.1 Å². The van der Waals surface area contributed by atoms with E-state index in [0.29, 0.717) is 79.4 Å².